The number of carbonyl (C=O) groups is 1. The number of ether oxygens (including phenoxy) is 1. The molecule has 1 aromatic carbocycles. The van der Waals surface area contributed by atoms with Gasteiger partial charge in [-0.1, -0.05) is 19.1 Å². The minimum atomic E-state index is -4.35. The third-order valence-electron chi connectivity index (χ3n) is 3.62. The van der Waals surface area contributed by atoms with Crippen LogP contribution in [0.1, 0.15) is 18.1 Å². The molecule has 21 heavy (non-hydrogen) atoms. The number of carbonyl (C=O) groups excluding carboxylic acids is 1. The predicted molar refractivity (Wildman–Crippen MR) is 71.9 cm³/mol. The summed E-state index contributed by atoms with van der Waals surface area (Å²) in [5.74, 6) is -0.231. The maximum absolute atomic E-state index is 12.5. The highest BCUT2D eigenvalue weighted by Crippen LogP contribution is 2.29. The molecule has 0 spiro atoms. The van der Waals surface area contributed by atoms with Crippen molar-refractivity contribution in [2.75, 3.05) is 19.8 Å². The van der Waals surface area contributed by atoms with Gasteiger partial charge in [0, 0.05) is 12.5 Å². The lowest BCUT2D eigenvalue weighted by atomic mass is 9.93. The van der Waals surface area contributed by atoms with Crippen molar-refractivity contribution in [3.05, 3.63) is 35.4 Å². The molecule has 1 aliphatic rings. The number of alkyl halides is 3. The molecule has 2 unspecified atom stereocenters. The Morgan fingerprint density at radius 2 is 1.95 bits per heavy atom. The molecule has 0 bridgehead atoms. The first-order chi connectivity index (χ1) is 9.91. The maximum atomic E-state index is 12.5. The maximum Gasteiger partial charge on any atom is 0.416 e. The monoisotopic (exact) mass is 301 g/mol. The quantitative estimate of drug-likeness (QED) is 0.908. The Bertz CT molecular complexity index is 485. The zero-order chi connectivity index (χ0) is 15.5. The number of Topliss-reactive ketones (excluding diaryl/α,β-unsaturated/α-hetero) is 1. The Morgan fingerprint density at radius 3 is 2.52 bits per heavy atom. The second kappa shape index (κ2) is 6.58. The largest absolute Gasteiger partial charge is 0.416 e. The highest BCUT2D eigenvalue weighted by Gasteiger charge is 2.33. The summed E-state index contributed by atoms with van der Waals surface area (Å²) in [6.07, 6.45) is -4.22. The van der Waals surface area contributed by atoms with Gasteiger partial charge in [0.05, 0.1) is 24.7 Å². The molecule has 2 atom stereocenters. The average Bonchev–Trinajstić information content (AvgIpc) is 2.87. The fraction of sp³-hybridized carbons (Fsp3) is 0.533. The first-order valence-corrected chi connectivity index (χ1v) is 6.91. The number of hydrogen-bond donors (Lipinski definition) is 1. The average molecular weight is 301 g/mol. The minimum Gasteiger partial charge on any atom is -0.379 e. The van der Waals surface area contributed by atoms with Crippen molar-refractivity contribution in [2.24, 2.45) is 5.92 Å². The lowest BCUT2D eigenvalue weighted by molar-refractivity contribution is -0.137. The minimum absolute atomic E-state index is 0.00166. The predicted octanol–water partition coefficient (Wildman–Crippen LogP) is 2.44. The molecule has 0 aliphatic carbocycles. The molecule has 0 saturated carbocycles. The van der Waals surface area contributed by atoms with E-state index in [4.69, 9.17) is 4.74 Å². The van der Waals surface area contributed by atoms with Crippen LogP contribution < -0.4 is 5.32 Å². The summed E-state index contributed by atoms with van der Waals surface area (Å²) in [5, 5.41) is 3.20. The van der Waals surface area contributed by atoms with E-state index >= 15 is 0 Å². The Labute approximate surface area is 121 Å². The van der Waals surface area contributed by atoms with Crippen LogP contribution in [0.3, 0.4) is 0 Å². The molecule has 1 saturated heterocycles. The molecule has 0 amide bonds. The highest BCUT2D eigenvalue weighted by atomic mass is 19.4. The van der Waals surface area contributed by atoms with Crippen LogP contribution in [0.2, 0.25) is 0 Å². The van der Waals surface area contributed by atoms with Crippen LogP contribution in [0.25, 0.3) is 0 Å². The molecule has 0 aromatic heterocycles. The van der Waals surface area contributed by atoms with Gasteiger partial charge >= 0.3 is 6.18 Å². The molecule has 1 aliphatic heterocycles. The van der Waals surface area contributed by atoms with Crippen LogP contribution in [0.5, 0.6) is 0 Å². The van der Waals surface area contributed by atoms with Gasteiger partial charge in [0.25, 0.3) is 0 Å². The van der Waals surface area contributed by atoms with Gasteiger partial charge < -0.3 is 10.1 Å². The van der Waals surface area contributed by atoms with Crippen LogP contribution in [0.15, 0.2) is 24.3 Å². The molecular weight excluding hydrogens is 283 g/mol. The van der Waals surface area contributed by atoms with E-state index < -0.39 is 11.7 Å². The molecule has 1 fully saturated rings. The van der Waals surface area contributed by atoms with Gasteiger partial charge in [0.1, 0.15) is 5.78 Å². The molecule has 1 heterocycles. The van der Waals surface area contributed by atoms with Gasteiger partial charge in [-0.3, -0.25) is 4.79 Å². The first-order valence-electron chi connectivity index (χ1n) is 6.91. The summed E-state index contributed by atoms with van der Waals surface area (Å²) >= 11 is 0. The van der Waals surface area contributed by atoms with Crippen LogP contribution in [-0.4, -0.2) is 31.6 Å². The Hall–Kier alpha value is -1.40. The van der Waals surface area contributed by atoms with Crippen LogP contribution >= 0.6 is 0 Å². The fourth-order valence-corrected chi connectivity index (χ4v) is 2.48. The number of likely N-dealkylation sites (N-methyl/N-ethyl adjacent to an activating group) is 1. The van der Waals surface area contributed by atoms with Crippen molar-refractivity contribution in [3.63, 3.8) is 0 Å². The second-order valence-corrected chi connectivity index (χ2v) is 5.15. The van der Waals surface area contributed by atoms with Crippen molar-refractivity contribution in [1.29, 1.82) is 0 Å². The van der Waals surface area contributed by atoms with Crippen LogP contribution in [0, 0.1) is 5.92 Å². The van der Waals surface area contributed by atoms with Crippen molar-refractivity contribution in [3.8, 4) is 0 Å². The number of hydrogen-bond acceptors (Lipinski definition) is 3. The van der Waals surface area contributed by atoms with Crippen molar-refractivity contribution < 1.29 is 22.7 Å². The van der Waals surface area contributed by atoms with Gasteiger partial charge in [-0.15, -0.1) is 0 Å². The topological polar surface area (TPSA) is 38.3 Å². The number of nitrogens with one attached hydrogen (secondary N) is 1. The van der Waals surface area contributed by atoms with Crippen LogP contribution in [0.4, 0.5) is 13.2 Å². The molecule has 3 nitrogen and oxygen atoms in total. The molecule has 116 valence electrons. The van der Waals surface area contributed by atoms with E-state index in [9.17, 15) is 18.0 Å². The molecule has 1 aromatic rings. The van der Waals surface area contributed by atoms with Crippen molar-refractivity contribution in [1.82, 2.24) is 5.32 Å². The van der Waals surface area contributed by atoms with Gasteiger partial charge in [-0.25, -0.2) is 0 Å². The number of halogens is 3. The molecule has 6 heteroatoms. The van der Waals surface area contributed by atoms with Crippen LogP contribution in [-0.2, 0) is 22.1 Å². The zero-order valence-electron chi connectivity index (χ0n) is 11.7. The summed E-state index contributed by atoms with van der Waals surface area (Å²) in [5.41, 5.74) is -0.108. The Kier molecular flexibility index (Phi) is 5.00. The van der Waals surface area contributed by atoms with Gasteiger partial charge in [-0.05, 0) is 24.2 Å². The highest BCUT2D eigenvalue weighted by molar-refractivity contribution is 5.84. The van der Waals surface area contributed by atoms with Crippen molar-refractivity contribution >= 4 is 5.78 Å². The Balaban J connectivity index is 1.99. The van der Waals surface area contributed by atoms with E-state index in [1.807, 2.05) is 6.92 Å². The van der Waals surface area contributed by atoms with E-state index in [0.29, 0.717) is 18.8 Å². The third kappa shape index (κ3) is 4.04. The number of rotatable bonds is 5. The SMILES string of the molecule is CCNC1COCC1C(=O)Cc1ccc(C(F)(F)F)cc1. The van der Waals surface area contributed by atoms with E-state index in [1.165, 1.54) is 12.1 Å². The van der Waals surface area contributed by atoms with E-state index in [-0.39, 0.29) is 24.2 Å². The van der Waals surface area contributed by atoms with E-state index in [0.717, 1.165) is 18.7 Å². The summed E-state index contributed by atoms with van der Waals surface area (Å²) in [6.45, 7) is 3.57. The normalized spacial score (nSPS) is 22.5. The second-order valence-electron chi connectivity index (χ2n) is 5.15. The number of ketones is 1. The lowest BCUT2D eigenvalue weighted by Crippen LogP contribution is -2.39. The summed E-state index contributed by atoms with van der Waals surface area (Å²) in [7, 11) is 0. The van der Waals surface area contributed by atoms with Crippen molar-refractivity contribution in [2.45, 2.75) is 25.6 Å². The molecule has 2 rings (SSSR count). The van der Waals surface area contributed by atoms with E-state index in [2.05, 4.69) is 5.32 Å². The van der Waals surface area contributed by atoms with Gasteiger partial charge in [-0.2, -0.15) is 13.2 Å². The van der Waals surface area contributed by atoms with Gasteiger partial charge in [0.15, 0.2) is 0 Å². The third-order valence-corrected chi connectivity index (χ3v) is 3.62. The summed E-state index contributed by atoms with van der Waals surface area (Å²) < 4.78 is 42.7. The zero-order valence-corrected chi connectivity index (χ0v) is 11.7. The fourth-order valence-electron chi connectivity index (χ4n) is 2.48. The van der Waals surface area contributed by atoms with Gasteiger partial charge in [0.2, 0.25) is 0 Å². The first kappa shape index (κ1) is 16.0. The smallest absolute Gasteiger partial charge is 0.379 e. The molecule has 1 N–H and O–H groups in total. The summed E-state index contributed by atoms with van der Waals surface area (Å²) in [4.78, 5) is 12.2. The standard InChI is InChI=1S/C15H18F3NO2/c1-2-19-13-9-21-8-12(13)14(20)7-10-3-5-11(6-4-10)15(16,17)18/h3-6,12-13,19H,2,7-9H2,1H3. The van der Waals surface area contributed by atoms with E-state index in [1.54, 1.807) is 0 Å². The lowest BCUT2D eigenvalue weighted by Gasteiger charge is -2.17. The molecule has 0 radical (unpaired) electrons. The summed E-state index contributed by atoms with van der Waals surface area (Å²) in [6, 6.07) is 4.74. The number of benzene rings is 1. The molecular formula is C15H18F3NO2. The Morgan fingerprint density at radius 1 is 1.29 bits per heavy atom.